The third-order valence-corrected chi connectivity index (χ3v) is 4.41. The lowest BCUT2D eigenvalue weighted by Gasteiger charge is -2.15. The first kappa shape index (κ1) is 16.6. The predicted octanol–water partition coefficient (Wildman–Crippen LogP) is 0.424. The number of carbonyl (C=O) groups excluding carboxylic acids is 1. The van der Waals surface area contributed by atoms with E-state index in [0.29, 0.717) is 18.7 Å². The Bertz CT molecular complexity index is 557. The lowest BCUT2D eigenvalue weighted by atomic mass is 10.2. The zero-order valence-corrected chi connectivity index (χ0v) is 12.7. The van der Waals surface area contributed by atoms with Gasteiger partial charge in [-0.25, -0.2) is 8.42 Å². The standard InChI is InChI=1S/C13H20N2O4S/c1-10-6-4-5-7-12(10)20(17,18)15-11(2)13(16)14-8-9-19-3/h4-7,11,15H,8-9H2,1-3H3,(H,14,16). The quantitative estimate of drug-likeness (QED) is 0.715. The lowest BCUT2D eigenvalue weighted by molar-refractivity contribution is -0.122. The van der Waals surface area contributed by atoms with Crippen molar-refractivity contribution in [3.63, 3.8) is 0 Å². The molecular formula is C13H20N2O4S. The van der Waals surface area contributed by atoms with Crippen molar-refractivity contribution in [2.45, 2.75) is 24.8 Å². The highest BCUT2D eigenvalue weighted by Crippen LogP contribution is 2.14. The molecule has 0 aliphatic carbocycles. The molecule has 0 spiro atoms. The number of benzene rings is 1. The molecule has 0 aromatic heterocycles. The van der Waals surface area contributed by atoms with Crippen molar-refractivity contribution in [1.82, 2.24) is 10.0 Å². The molecule has 1 amide bonds. The Balaban J connectivity index is 2.72. The third-order valence-electron chi connectivity index (χ3n) is 2.71. The fourth-order valence-electron chi connectivity index (χ4n) is 1.64. The van der Waals surface area contributed by atoms with Crippen molar-refractivity contribution in [1.29, 1.82) is 0 Å². The first-order valence-corrected chi connectivity index (χ1v) is 7.71. The van der Waals surface area contributed by atoms with E-state index in [4.69, 9.17) is 4.74 Å². The Kier molecular flexibility index (Phi) is 6.12. The minimum atomic E-state index is -3.71. The van der Waals surface area contributed by atoms with Crippen molar-refractivity contribution in [3.05, 3.63) is 29.8 Å². The van der Waals surface area contributed by atoms with E-state index in [1.165, 1.54) is 20.1 Å². The van der Waals surface area contributed by atoms with E-state index in [1.54, 1.807) is 25.1 Å². The highest BCUT2D eigenvalue weighted by Gasteiger charge is 2.22. The molecule has 0 aliphatic heterocycles. The average molecular weight is 300 g/mol. The monoisotopic (exact) mass is 300 g/mol. The van der Waals surface area contributed by atoms with Crippen LogP contribution in [-0.2, 0) is 19.6 Å². The van der Waals surface area contributed by atoms with Crippen LogP contribution in [0.1, 0.15) is 12.5 Å². The maximum absolute atomic E-state index is 12.2. The van der Waals surface area contributed by atoms with Crippen LogP contribution < -0.4 is 10.0 Å². The highest BCUT2D eigenvalue weighted by atomic mass is 32.2. The smallest absolute Gasteiger partial charge is 0.241 e. The van der Waals surface area contributed by atoms with Crippen molar-refractivity contribution in [3.8, 4) is 0 Å². The Labute approximate surface area is 119 Å². The Morgan fingerprint density at radius 2 is 2.00 bits per heavy atom. The second-order valence-corrected chi connectivity index (χ2v) is 6.07. The SMILES string of the molecule is COCCNC(=O)C(C)NS(=O)(=O)c1ccccc1C. The molecule has 0 bridgehead atoms. The van der Waals surface area contributed by atoms with E-state index < -0.39 is 16.1 Å². The number of amides is 1. The van der Waals surface area contributed by atoms with Gasteiger partial charge in [0.15, 0.2) is 0 Å². The van der Waals surface area contributed by atoms with Crippen LogP contribution in [0, 0.1) is 6.92 Å². The van der Waals surface area contributed by atoms with Gasteiger partial charge in [-0.15, -0.1) is 0 Å². The predicted molar refractivity (Wildman–Crippen MR) is 75.8 cm³/mol. The van der Waals surface area contributed by atoms with E-state index >= 15 is 0 Å². The van der Waals surface area contributed by atoms with E-state index in [1.807, 2.05) is 0 Å². The zero-order chi connectivity index (χ0) is 15.2. The van der Waals surface area contributed by atoms with Crippen molar-refractivity contribution in [2.75, 3.05) is 20.3 Å². The summed E-state index contributed by atoms with van der Waals surface area (Å²) in [7, 11) is -2.18. The Hall–Kier alpha value is -1.44. The van der Waals surface area contributed by atoms with E-state index in [0.717, 1.165) is 0 Å². The summed E-state index contributed by atoms with van der Waals surface area (Å²) in [4.78, 5) is 11.9. The number of ether oxygens (including phenoxy) is 1. The molecule has 1 rings (SSSR count). The van der Waals surface area contributed by atoms with Crippen LogP contribution in [0.5, 0.6) is 0 Å². The lowest BCUT2D eigenvalue weighted by Crippen LogP contribution is -2.45. The zero-order valence-electron chi connectivity index (χ0n) is 11.8. The van der Waals surface area contributed by atoms with Crippen LogP contribution >= 0.6 is 0 Å². The van der Waals surface area contributed by atoms with E-state index in [2.05, 4.69) is 10.0 Å². The Morgan fingerprint density at radius 3 is 2.60 bits per heavy atom. The van der Waals surface area contributed by atoms with Crippen LogP contribution in [0.15, 0.2) is 29.2 Å². The summed E-state index contributed by atoms with van der Waals surface area (Å²) in [5, 5.41) is 2.58. The fourth-order valence-corrected chi connectivity index (χ4v) is 3.09. The first-order valence-electron chi connectivity index (χ1n) is 6.23. The van der Waals surface area contributed by atoms with Gasteiger partial charge in [0.2, 0.25) is 15.9 Å². The van der Waals surface area contributed by atoms with Gasteiger partial charge in [-0.2, -0.15) is 4.72 Å². The van der Waals surface area contributed by atoms with Gasteiger partial charge in [0, 0.05) is 13.7 Å². The molecule has 6 nitrogen and oxygen atoms in total. The summed E-state index contributed by atoms with van der Waals surface area (Å²) in [6.07, 6.45) is 0. The first-order chi connectivity index (χ1) is 9.38. The molecule has 0 radical (unpaired) electrons. The van der Waals surface area contributed by atoms with Crippen LogP contribution in [0.2, 0.25) is 0 Å². The summed E-state index contributed by atoms with van der Waals surface area (Å²) in [6.45, 7) is 3.92. The van der Waals surface area contributed by atoms with Crippen LogP contribution in [0.25, 0.3) is 0 Å². The van der Waals surface area contributed by atoms with Crippen LogP contribution in [-0.4, -0.2) is 40.6 Å². The molecule has 0 saturated carbocycles. The Morgan fingerprint density at radius 1 is 1.35 bits per heavy atom. The maximum Gasteiger partial charge on any atom is 0.241 e. The maximum atomic E-state index is 12.2. The molecule has 7 heteroatoms. The number of hydrogen-bond donors (Lipinski definition) is 2. The number of hydrogen-bond acceptors (Lipinski definition) is 4. The normalized spacial score (nSPS) is 12.9. The molecule has 0 heterocycles. The fraction of sp³-hybridized carbons (Fsp3) is 0.462. The highest BCUT2D eigenvalue weighted by molar-refractivity contribution is 7.89. The third kappa shape index (κ3) is 4.59. The number of carbonyl (C=O) groups is 1. The average Bonchev–Trinajstić information content (AvgIpc) is 2.38. The van der Waals surface area contributed by atoms with Gasteiger partial charge in [0.1, 0.15) is 0 Å². The van der Waals surface area contributed by atoms with Gasteiger partial charge >= 0.3 is 0 Å². The van der Waals surface area contributed by atoms with Gasteiger partial charge < -0.3 is 10.1 Å². The summed E-state index contributed by atoms with van der Waals surface area (Å²) in [5.74, 6) is -0.390. The minimum Gasteiger partial charge on any atom is -0.383 e. The summed E-state index contributed by atoms with van der Waals surface area (Å²) < 4.78 is 31.5. The van der Waals surface area contributed by atoms with E-state index in [-0.39, 0.29) is 10.8 Å². The summed E-state index contributed by atoms with van der Waals surface area (Å²) >= 11 is 0. The molecular weight excluding hydrogens is 280 g/mol. The molecule has 0 aliphatic rings. The topological polar surface area (TPSA) is 84.5 Å². The second-order valence-electron chi connectivity index (χ2n) is 4.39. The molecule has 20 heavy (non-hydrogen) atoms. The number of aryl methyl sites for hydroxylation is 1. The molecule has 2 N–H and O–H groups in total. The number of methoxy groups -OCH3 is 1. The molecule has 1 atom stereocenters. The molecule has 0 fully saturated rings. The van der Waals surface area contributed by atoms with Gasteiger partial charge in [-0.3, -0.25) is 4.79 Å². The number of nitrogens with one attached hydrogen (secondary N) is 2. The van der Waals surface area contributed by atoms with Crippen molar-refractivity contribution < 1.29 is 17.9 Å². The van der Waals surface area contributed by atoms with Gasteiger partial charge in [-0.05, 0) is 25.5 Å². The minimum absolute atomic E-state index is 0.177. The van der Waals surface area contributed by atoms with Crippen molar-refractivity contribution >= 4 is 15.9 Å². The molecule has 1 unspecified atom stereocenters. The van der Waals surface area contributed by atoms with Crippen molar-refractivity contribution in [2.24, 2.45) is 0 Å². The van der Waals surface area contributed by atoms with Gasteiger partial charge in [0.25, 0.3) is 0 Å². The van der Waals surface area contributed by atoms with Gasteiger partial charge in [0.05, 0.1) is 17.5 Å². The molecule has 1 aromatic rings. The van der Waals surface area contributed by atoms with Crippen LogP contribution in [0.3, 0.4) is 0 Å². The van der Waals surface area contributed by atoms with Gasteiger partial charge in [-0.1, -0.05) is 18.2 Å². The molecule has 1 aromatic carbocycles. The summed E-state index contributed by atoms with van der Waals surface area (Å²) in [5.41, 5.74) is 0.631. The molecule has 0 saturated heterocycles. The second kappa shape index (κ2) is 7.37. The largest absolute Gasteiger partial charge is 0.383 e. The van der Waals surface area contributed by atoms with E-state index in [9.17, 15) is 13.2 Å². The van der Waals surface area contributed by atoms with Crippen LogP contribution in [0.4, 0.5) is 0 Å². The number of sulfonamides is 1. The summed E-state index contributed by atoms with van der Waals surface area (Å²) in [6, 6.07) is 5.77. The number of rotatable bonds is 7. The molecule has 112 valence electrons.